The van der Waals surface area contributed by atoms with Gasteiger partial charge >= 0.3 is 0 Å². The fraction of sp³-hybridized carbons (Fsp3) is 0.235. The van der Waals surface area contributed by atoms with Crippen molar-refractivity contribution >= 4 is 23.2 Å². The lowest BCUT2D eigenvalue weighted by Crippen LogP contribution is -2.14. The Labute approximate surface area is 129 Å². The minimum absolute atomic E-state index is 0.0311. The number of para-hydroxylation sites is 1. The highest BCUT2D eigenvalue weighted by molar-refractivity contribution is 6.32. The number of carbonyl (C=O) groups is 1. The van der Waals surface area contributed by atoms with Crippen LogP contribution in [-0.4, -0.2) is 11.0 Å². The van der Waals surface area contributed by atoms with E-state index in [2.05, 4.69) is 19.2 Å². The molecule has 0 heterocycles. The molecule has 0 saturated heterocycles. The first-order chi connectivity index (χ1) is 10.1. The quantitative estimate of drug-likeness (QED) is 0.878. The summed E-state index contributed by atoms with van der Waals surface area (Å²) in [5.74, 6) is -0.260. The Hall–Kier alpha value is -2.00. The molecule has 0 bridgehead atoms. The molecule has 0 aromatic heterocycles. The number of aromatic hydroxyl groups is 1. The molecule has 110 valence electrons. The van der Waals surface area contributed by atoms with E-state index in [-0.39, 0.29) is 16.7 Å². The average molecular weight is 304 g/mol. The van der Waals surface area contributed by atoms with Crippen LogP contribution in [0.4, 0.5) is 5.69 Å². The van der Waals surface area contributed by atoms with Gasteiger partial charge in [0.1, 0.15) is 5.75 Å². The highest BCUT2D eigenvalue weighted by atomic mass is 35.5. The molecular weight excluding hydrogens is 286 g/mol. The molecule has 2 rings (SSSR count). The number of halogens is 1. The Balaban J connectivity index is 2.33. The van der Waals surface area contributed by atoms with Crippen LogP contribution >= 0.6 is 11.6 Å². The normalized spacial score (nSPS) is 10.4. The van der Waals surface area contributed by atoms with E-state index in [0.717, 1.165) is 29.7 Å². The zero-order chi connectivity index (χ0) is 15.4. The molecule has 0 fully saturated rings. The predicted octanol–water partition coefficient (Wildman–Crippen LogP) is 4.42. The molecule has 0 atom stereocenters. The maximum atomic E-state index is 12.4. The lowest BCUT2D eigenvalue weighted by molar-refractivity contribution is 0.102. The summed E-state index contributed by atoms with van der Waals surface area (Å²) in [6.07, 6.45) is 1.69. The molecule has 3 nitrogen and oxygen atoms in total. The van der Waals surface area contributed by atoms with Gasteiger partial charge in [0, 0.05) is 11.3 Å². The summed E-state index contributed by atoms with van der Waals surface area (Å²) in [4.78, 5) is 12.4. The molecule has 1 amide bonds. The van der Waals surface area contributed by atoms with Crippen LogP contribution in [0.1, 0.15) is 35.3 Å². The summed E-state index contributed by atoms with van der Waals surface area (Å²) in [5, 5.41) is 12.5. The van der Waals surface area contributed by atoms with Crippen molar-refractivity contribution in [1.29, 1.82) is 0 Å². The average Bonchev–Trinajstić information content (AvgIpc) is 2.50. The van der Waals surface area contributed by atoms with E-state index >= 15 is 0 Å². The topological polar surface area (TPSA) is 49.3 Å². The Kier molecular flexibility index (Phi) is 4.86. The van der Waals surface area contributed by atoms with Gasteiger partial charge in [0.2, 0.25) is 0 Å². The van der Waals surface area contributed by atoms with Gasteiger partial charge in [-0.3, -0.25) is 4.79 Å². The number of aryl methyl sites for hydroxylation is 2. The molecular formula is C17H18ClNO2. The van der Waals surface area contributed by atoms with Crippen molar-refractivity contribution in [3.05, 3.63) is 58.1 Å². The zero-order valence-corrected chi connectivity index (χ0v) is 12.9. The molecule has 0 saturated carbocycles. The minimum atomic E-state index is -0.229. The fourth-order valence-electron chi connectivity index (χ4n) is 2.24. The Morgan fingerprint density at radius 1 is 1.14 bits per heavy atom. The second-order valence-corrected chi connectivity index (χ2v) is 5.19. The summed E-state index contributed by atoms with van der Waals surface area (Å²) in [5.41, 5.74) is 3.50. The maximum absolute atomic E-state index is 12.4. The van der Waals surface area contributed by atoms with Gasteiger partial charge < -0.3 is 10.4 Å². The monoisotopic (exact) mass is 303 g/mol. The number of carbonyl (C=O) groups excluding carboxylic acids is 1. The van der Waals surface area contributed by atoms with E-state index in [9.17, 15) is 9.90 Å². The molecule has 0 aliphatic carbocycles. The first-order valence-electron chi connectivity index (χ1n) is 6.97. The van der Waals surface area contributed by atoms with Crippen LogP contribution < -0.4 is 5.32 Å². The van der Waals surface area contributed by atoms with Crippen LogP contribution in [-0.2, 0) is 12.8 Å². The highest BCUT2D eigenvalue weighted by Gasteiger charge is 2.13. The Bertz CT molecular complexity index is 646. The Morgan fingerprint density at radius 2 is 1.76 bits per heavy atom. The van der Waals surface area contributed by atoms with Crippen molar-refractivity contribution in [2.75, 3.05) is 5.32 Å². The number of phenols is 1. The zero-order valence-electron chi connectivity index (χ0n) is 12.1. The van der Waals surface area contributed by atoms with Crippen LogP contribution in [0.2, 0.25) is 5.02 Å². The van der Waals surface area contributed by atoms with Crippen LogP contribution in [0, 0.1) is 0 Å². The van der Waals surface area contributed by atoms with Crippen molar-refractivity contribution in [2.24, 2.45) is 0 Å². The fourth-order valence-corrected chi connectivity index (χ4v) is 2.42. The summed E-state index contributed by atoms with van der Waals surface area (Å²) >= 11 is 5.85. The summed E-state index contributed by atoms with van der Waals surface area (Å²) < 4.78 is 0. The first-order valence-corrected chi connectivity index (χ1v) is 7.35. The van der Waals surface area contributed by atoms with Gasteiger partial charge in [-0.1, -0.05) is 43.6 Å². The number of hydrogen-bond donors (Lipinski definition) is 2. The smallest absolute Gasteiger partial charge is 0.255 e. The lowest BCUT2D eigenvalue weighted by atomic mass is 10.0. The van der Waals surface area contributed by atoms with Crippen LogP contribution in [0.5, 0.6) is 5.75 Å². The van der Waals surface area contributed by atoms with E-state index in [4.69, 9.17) is 11.6 Å². The molecule has 0 aliphatic rings. The van der Waals surface area contributed by atoms with E-state index in [1.165, 1.54) is 12.1 Å². The third kappa shape index (κ3) is 3.37. The van der Waals surface area contributed by atoms with Crippen molar-refractivity contribution in [2.45, 2.75) is 26.7 Å². The number of amides is 1. The second kappa shape index (κ2) is 6.64. The number of hydrogen-bond acceptors (Lipinski definition) is 2. The molecule has 2 N–H and O–H groups in total. The predicted molar refractivity (Wildman–Crippen MR) is 86.3 cm³/mol. The molecule has 0 radical (unpaired) electrons. The standard InChI is InChI=1S/C17H18ClNO2/c1-3-11-6-5-7-12(4-2)16(11)19-17(21)13-8-9-15(20)14(18)10-13/h5-10,20H,3-4H2,1-2H3,(H,19,21). The third-order valence-corrected chi connectivity index (χ3v) is 3.75. The van der Waals surface area contributed by atoms with Crippen molar-refractivity contribution in [3.63, 3.8) is 0 Å². The van der Waals surface area contributed by atoms with Crippen LogP contribution in [0.3, 0.4) is 0 Å². The molecule has 0 unspecified atom stereocenters. The number of anilines is 1. The Morgan fingerprint density at radius 3 is 2.29 bits per heavy atom. The summed E-state index contributed by atoms with van der Waals surface area (Å²) in [6, 6.07) is 10.5. The number of benzene rings is 2. The van der Waals surface area contributed by atoms with E-state index in [0.29, 0.717) is 5.56 Å². The summed E-state index contributed by atoms with van der Waals surface area (Å²) in [6.45, 7) is 4.11. The van der Waals surface area contributed by atoms with Gasteiger partial charge in [-0.2, -0.15) is 0 Å². The van der Waals surface area contributed by atoms with E-state index < -0.39 is 0 Å². The van der Waals surface area contributed by atoms with Gasteiger partial charge in [-0.25, -0.2) is 0 Å². The SMILES string of the molecule is CCc1cccc(CC)c1NC(=O)c1ccc(O)c(Cl)c1. The molecule has 2 aromatic carbocycles. The van der Waals surface area contributed by atoms with E-state index in [1.54, 1.807) is 6.07 Å². The highest BCUT2D eigenvalue weighted by Crippen LogP contribution is 2.26. The summed E-state index contributed by atoms with van der Waals surface area (Å²) in [7, 11) is 0. The minimum Gasteiger partial charge on any atom is -0.506 e. The van der Waals surface area contributed by atoms with Crippen molar-refractivity contribution < 1.29 is 9.90 Å². The van der Waals surface area contributed by atoms with Gasteiger partial charge in [-0.15, -0.1) is 0 Å². The number of rotatable bonds is 4. The maximum Gasteiger partial charge on any atom is 0.255 e. The van der Waals surface area contributed by atoms with Gasteiger partial charge in [0.05, 0.1) is 5.02 Å². The molecule has 0 spiro atoms. The lowest BCUT2D eigenvalue weighted by Gasteiger charge is -2.14. The third-order valence-electron chi connectivity index (χ3n) is 3.45. The van der Waals surface area contributed by atoms with Crippen molar-refractivity contribution in [3.8, 4) is 5.75 Å². The first kappa shape index (κ1) is 15.4. The molecule has 2 aromatic rings. The molecule has 0 aliphatic heterocycles. The van der Waals surface area contributed by atoms with Crippen LogP contribution in [0.25, 0.3) is 0 Å². The number of nitrogens with one attached hydrogen (secondary N) is 1. The van der Waals surface area contributed by atoms with E-state index in [1.807, 2.05) is 18.2 Å². The van der Waals surface area contributed by atoms with Crippen LogP contribution in [0.15, 0.2) is 36.4 Å². The molecule has 21 heavy (non-hydrogen) atoms. The number of phenolic OH excluding ortho intramolecular Hbond substituents is 1. The second-order valence-electron chi connectivity index (χ2n) is 4.78. The van der Waals surface area contributed by atoms with Gasteiger partial charge in [-0.05, 0) is 42.2 Å². The van der Waals surface area contributed by atoms with Crippen molar-refractivity contribution in [1.82, 2.24) is 0 Å². The molecule has 4 heteroatoms. The largest absolute Gasteiger partial charge is 0.506 e. The van der Waals surface area contributed by atoms with Gasteiger partial charge in [0.15, 0.2) is 0 Å². The van der Waals surface area contributed by atoms with Gasteiger partial charge in [0.25, 0.3) is 5.91 Å².